The summed E-state index contributed by atoms with van der Waals surface area (Å²) >= 11 is 0. The number of carbonyl (C=O) groups excluding carboxylic acids is 1. The second kappa shape index (κ2) is 7.17. The van der Waals surface area contributed by atoms with Crippen molar-refractivity contribution in [2.45, 2.75) is 13.5 Å². The quantitative estimate of drug-likeness (QED) is 0.785. The lowest BCUT2D eigenvalue weighted by Gasteiger charge is -2.28. The van der Waals surface area contributed by atoms with E-state index in [0.717, 1.165) is 43.1 Å². The van der Waals surface area contributed by atoms with Gasteiger partial charge in [0.25, 0.3) is 5.91 Å². The minimum Gasteiger partial charge on any atom is -0.378 e. The zero-order valence-corrected chi connectivity index (χ0v) is 14.8. The molecule has 3 heterocycles. The van der Waals surface area contributed by atoms with Crippen LogP contribution in [-0.4, -0.2) is 41.6 Å². The smallest absolute Gasteiger partial charge is 0.271 e. The molecule has 0 radical (unpaired) electrons. The molecular formula is C20H22N4O2. The highest BCUT2D eigenvalue weighted by molar-refractivity contribution is 5.92. The molecule has 1 saturated heterocycles. The van der Waals surface area contributed by atoms with Gasteiger partial charge in [0.1, 0.15) is 11.3 Å². The Morgan fingerprint density at radius 3 is 2.73 bits per heavy atom. The van der Waals surface area contributed by atoms with E-state index in [4.69, 9.17) is 4.74 Å². The van der Waals surface area contributed by atoms with Gasteiger partial charge in [-0.1, -0.05) is 12.1 Å². The summed E-state index contributed by atoms with van der Waals surface area (Å²) in [6.45, 7) is 5.88. The molecule has 6 heteroatoms. The van der Waals surface area contributed by atoms with Gasteiger partial charge in [-0.25, -0.2) is 4.98 Å². The molecule has 134 valence electrons. The minimum atomic E-state index is -0.163. The molecular weight excluding hydrogens is 328 g/mol. The van der Waals surface area contributed by atoms with Gasteiger partial charge in [0.15, 0.2) is 0 Å². The van der Waals surface area contributed by atoms with Gasteiger partial charge in [0, 0.05) is 37.7 Å². The maximum Gasteiger partial charge on any atom is 0.271 e. The summed E-state index contributed by atoms with van der Waals surface area (Å²) in [4.78, 5) is 19.1. The van der Waals surface area contributed by atoms with Crippen molar-refractivity contribution in [1.82, 2.24) is 14.7 Å². The van der Waals surface area contributed by atoms with Gasteiger partial charge in [0.2, 0.25) is 0 Å². The lowest BCUT2D eigenvalue weighted by molar-refractivity contribution is 0.0946. The molecule has 6 nitrogen and oxygen atoms in total. The minimum absolute atomic E-state index is 0.163. The van der Waals surface area contributed by atoms with Crippen molar-refractivity contribution in [1.29, 1.82) is 0 Å². The molecule has 26 heavy (non-hydrogen) atoms. The molecule has 1 aliphatic heterocycles. The number of imidazole rings is 1. The third-order valence-electron chi connectivity index (χ3n) is 4.61. The summed E-state index contributed by atoms with van der Waals surface area (Å²) in [6, 6.07) is 12.3. The Balaban J connectivity index is 1.38. The van der Waals surface area contributed by atoms with Crippen LogP contribution in [0, 0.1) is 6.92 Å². The molecule has 0 aliphatic carbocycles. The number of hydrogen-bond acceptors (Lipinski definition) is 4. The second-order valence-electron chi connectivity index (χ2n) is 6.54. The first-order valence-electron chi connectivity index (χ1n) is 8.84. The van der Waals surface area contributed by atoms with E-state index in [1.807, 2.05) is 29.7 Å². The van der Waals surface area contributed by atoms with Crippen molar-refractivity contribution >= 4 is 17.2 Å². The van der Waals surface area contributed by atoms with Crippen LogP contribution in [0.1, 0.15) is 21.6 Å². The van der Waals surface area contributed by atoms with Crippen molar-refractivity contribution < 1.29 is 9.53 Å². The van der Waals surface area contributed by atoms with Crippen LogP contribution in [0.3, 0.4) is 0 Å². The third kappa shape index (κ3) is 3.55. The highest BCUT2D eigenvalue weighted by Crippen LogP contribution is 2.16. The number of nitrogens with one attached hydrogen (secondary N) is 1. The highest BCUT2D eigenvalue weighted by atomic mass is 16.5. The van der Waals surface area contributed by atoms with E-state index in [2.05, 4.69) is 39.5 Å². The molecule has 3 aromatic rings. The molecule has 0 spiro atoms. The summed E-state index contributed by atoms with van der Waals surface area (Å²) in [5.41, 5.74) is 4.59. The van der Waals surface area contributed by atoms with E-state index in [0.29, 0.717) is 12.2 Å². The molecule has 0 atom stereocenters. The van der Waals surface area contributed by atoms with Gasteiger partial charge in [-0.3, -0.25) is 4.79 Å². The van der Waals surface area contributed by atoms with Gasteiger partial charge in [0.05, 0.1) is 13.2 Å². The maximum atomic E-state index is 12.4. The maximum absolute atomic E-state index is 12.4. The van der Waals surface area contributed by atoms with Gasteiger partial charge in [-0.2, -0.15) is 0 Å². The summed E-state index contributed by atoms with van der Waals surface area (Å²) in [5, 5.41) is 2.94. The van der Waals surface area contributed by atoms with Crippen molar-refractivity contribution in [2.75, 3.05) is 31.2 Å². The lowest BCUT2D eigenvalue weighted by atomic mass is 10.2. The number of nitrogens with zero attached hydrogens (tertiary/aromatic N) is 3. The molecule has 0 bridgehead atoms. The fourth-order valence-electron chi connectivity index (χ4n) is 3.11. The van der Waals surface area contributed by atoms with Crippen LogP contribution >= 0.6 is 0 Å². The summed E-state index contributed by atoms with van der Waals surface area (Å²) in [5.74, 6) is -0.163. The summed E-state index contributed by atoms with van der Waals surface area (Å²) in [7, 11) is 0. The monoisotopic (exact) mass is 350 g/mol. The van der Waals surface area contributed by atoms with Crippen molar-refractivity contribution in [3.63, 3.8) is 0 Å². The van der Waals surface area contributed by atoms with Crippen LogP contribution in [0.15, 0.2) is 48.8 Å². The van der Waals surface area contributed by atoms with Crippen LogP contribution in [0.25, 0.3) is 5.65 Å². The Labute approximate surface area is 152 Å². The van der Waals surface area contributed by atoms with Crippen molar-refractivity contribution in [3.8, 4) is 0 Å². The van der Waals surface area contributed by atoms with Gasteiger partial charge in [-0.15, -0.1) is 0 Å². The lowest BCUT2D eigenvalue weighted by Crippen LogP contribution is -2.36. The molecule has 0 unspecified atom stereocenters. The van der Waals surface area contributed by atoms with E-state index in [9.17, 15) is 4.79 Å². The zero-order chi connectivity index (χ0) is 17.9. The molecule has 1 aliphatic rings. The molecule has 2 aromatic heterocycles. The van der Waals surface area contributed by atoms with Gasteiger partial charge in [-0.05, 0) is 42.3 Å². The van der Waals surface area contributed by atoms with Gasteiger partial charge < -0.3 is 19.4 Å². The van der Waals surface area contributed by atoms with E-state index in [-0.39, 0.29) is 5.91 Å². The SMILES string of the molecule is Cc1ccn2cc(C(=O)NCc3ccc(N4CCOCC4)cc3)nc2c1. The molecule has 1 fully saturated rings. The van der Waals surface area contributed by atoms with Crippen molar-refractivity contribution in [3.05, 3.63) is 65.6 Å². The number of aryl methyl sites for hydroxylation is 1. The Hall–Kier alpha value is -2.86. The van der Waals surface area contributed by atoms with Crippen molar-refractivity contribution in [2.24, 2.45) is 0 Å². The number of aromatic nitrogens is 2. The van der Waals surface area contributed by atoms with E-state index in [1.165, 1.54) is 5.69 Å². The predicted molar refractivity (Wildman–Crippen MR) is 101 cm³/mol. The Morgan fingerprint density at radius 2 is 1.96 bits per heavy atom. The fourth-order valence-corrected chi connectivity index (χ4v) is 3.11. The van der Waals surface area contributed by atoms with Crippen LogP contribution in [0.5, 0.6) is 0 Å². The first-order valence-corrected chi connectivity index (χ1v) is 8.84. The number of rotatable bonds is 4. The number of carbonyl (C=O) groups is 1. The topological polar surface area (TPSA) is 58.9 Å². The van der Waals surface area contributed by atoms with E-state index in [1.54, 1.807) is 6.20 Å². The molecule has 0 saturated carbocycles. The Bertz CT molecular complexity index is 911. The second-order valence-corrected chi connectivity index (χ2v) is 6.54. The normalized spacial score (nSPS) is 14.6. The van der Waals surface area contributed by atoms with Gasteiger partial charge >= 0.3 is 0 Å². The Morgan fingerprint density at radius 1 is 1.19 bits per heavy atom. The van der Waals surface area contributed by atoms with Crippen LogP contribution < -0.4 is 10.2 Å². The molecule has 4 rings (SSSR count). The van der Waals surface area contributed by atoms with E-state index >= 15 is 0 Å². The average molecular weight is 350 g/mol. The number of fused-ring (bicyclic) bond motifs is 1. The van der Waals surface area contributed by atoms with Crippen LogP contribution in [0.4, 0.5) is 5.69 Å². The number of pyridine rings is 1. The molecule has 1 N–H and O–H groups in total. The average Bonchev–Trinajstić information content (AvgIpc) is 3.10. The van der Waals surface area contributed by atoms with Crippen LogP contribution in [0.2, 0.25) is 0 Å². The number of benzene rings is 1. The summed E-state index contributed by atoms with van der Waals surface area (Å²) in [6.07, 6.45) is 3.67. The molecule has 1 aromatic carbocycles. The largest absolute Gasteiger partial charge is 0.378 e. The zero-order valence-electron chi connectivity index (χ0n) is 14.8. The first-order chi connectivity index (χ1) is 12.7. The third-order valence-corrected chi connectivity index (χ3v) is 4.61. The highest BCUT2D eigenvalue weighted by Gasteiger charge is 2.12. The Kier molecular flexibility index (Phi) is 4.58. The first kappa shape index (κ1) is 16.6. The number of anilines is 1. The molecule has 1 amide bonds. The predicted octanol–water partition coefficient (Wildman–Crippen LogP) is 2.41. The number of morpholine rings is 1. The number of amides is 1. The number of ether oxygens (including phenoxy) is 1. The number of hydrogen-bond donors (Lipinski definition) is 1. The summed E-state index contributed by atoms with van der Waals surface area (Å²) < 4.78 is 7.24. The fraction of sp³-hybridized carbons (Fsp3) is 0.300. The van der Waals surface area contributed by atoms with E-state index < -0.39 is 0 Å². The van der Waals surface area contributed by atoms with Crippen LogP contribution in [-0.2, 0) is 11.3 Å². The standard InChI is InChI=1S/C20H22N4O2/c1-15-6-7-24-14-18(22-19(24)12-15)20(25)21-13-16-2-4-17(5-3-16)23-8-10-26-11-9-23/h2-7,12,14H,8-11,13H2,1H3,(H,21,25).